The van der Waals surface area contributed by atoms with Crippen LogP contribution in [0.2, 0.25) is 0 Å². The Labute approximate surface area is 442 Å². The second-order valence-corrected chi connectivity index (χ2v) is 19.3. The highest BCUT2D eigenvalue weighted by molar-refractivity contribution is 6.23. The maximum atomic E-state index is 16.8. The fraction of sp³-hybridized carbons (Fsp3) is 0.311. The third-order valence-corrected chi connectivity index (χ3v) is 14.9. The summed E-state index contributed by atoms with van der Waals surface area (Å²) in [7, 11) is 6.59. The molecule has 0 aromatic heterocycles. The number of methoxy groups -OCH3 is 3. The lowest BCUT2D eigenvalue weighted by Crippen LogP contribution is -2.57. The van der Waals surface area contributed by atoms with Gasteiger partial charge in [-0.1, -0.05) is 115 Å². The van der Waals surface area contributed by atoms with Crippen molar-refractivity contribution in [3.8, 4) is 29.1 Å². The third-order valence-electron chi connectivity index (χ3n) is 14.9. The van der Waals surface area contributed by atoms with Crippen LogP contribution in [0, 0.1) is 17.8 Å². The van der Waals surface area contributed by atoms with Gasteiger partial charge in [-0.05, 0) is 94.9 Å². The molecule has 10 rings (SSSR count). The van der Waals surface area contributed by atoms with E-state index in [1.165, 1.54) is 7.11 Å². The average molecular weight is 1030 g/mol. The van der Waals surface area contributed by atoms with E-state index in [0.717, 1.165) is 27.2 Å². The number of aliphatic hydroxyl groups is 1. The van der Waals surface area contributed by atoms with Crippen molar-refractivity contribution in [2.45, 2.75) is 49.2 Å². The first kappa shape index (κ1) is 51.5. The van der Waals surface area contributed by atoms with Crippen molar-refractivity contribution >= 4 is 29.6 Å². The highest BCUT2D eigenvalue weighted by Crippen LogP contribution is 2.66. The van der Waals surface area contributed by atoms with Crippen molar-refractivity contribution in [3.05, 3.63) is 190 Å². The van der Waals surface area contributed by atoms with Crippen LogP contribution in [0.4, 0.5) is 10.5 Å². The predicted molar refractivity (Wildman–Crippen MR) is 282 cm³/mol. The van der Waals surface area contributed by atoms with Gasteiger partial charge in [0.05, 0.1) is 57.7 Å². The predicted octanol–water partition coefficient (Wildman–Crippen LogP) is 7.59. The number of nitrogens with zero attached hydrogens (tertiary/aromatic N) is 4. The molecule has 0 radical (unpaired) electrons. The van der Waals surface area contributed by atoms with Crippen LogP contribution in [0.3, 0.4) is 0 Å². The number of fused-ring (bicyclic) bond motifs is 4. The zero-order valence-corrected chi connectivity index (χ0v) is 42.9. The number of anilines is 1. The van der Waals surface area contributed by atoms with E-state index < -0.39 is 59.4 Å². The van der Waals surface area contributed by atoms with Gasteiger partial charge in [-0.3, -0.25) is 24.2 Å². The van der Waals surface area contributed by atoms with Gasteiger partial charge >= 0.3 is 12.1 Å². The second-order valence-electron chi connectivity index (χ2n) is 19.3. The zero-order chi connectivity index (χ0) is 52.9. The number of hydrogen-bond donors (Lipinski definition) is 1. The first-order valence-corrected chi connectivity index (χ1v) is 25.4. The number of hydrogen-bond acceptors (Lipinski definition) is 13. The number of aliphatic hydroxyl groups excluding tert-OH is 1. The first-order chi connectivity index (χ1) is 37.1. The Balaban J connectivity index is 1.22. The van der Waals surface area contributed by atoms with Gasteiger partial charge in [0.25, 0.3) is 0 Å². The van der Waals surface area contributed by atoms with Gasteiger partial charge in [-0.15, -0.1) is 0 Å². The van der Waals surface area contributed by atoms with E-state index in [9.17, 15) is 9.90 Å². The summed E-state index contributed by atoms with van der Waals surface area (Å²) in [6.07, 6.45) is -1.46. The Morgan fingerprint density at radius 1 is 0.763 bits per heavy atom. The molecule has 1 spiro atoms. The first-order valence-electron chi connectivity index (χ1n) is 25.4. The van der Waals surface area contributed by atoms with Gasteiger partial charge in [-0.2, -0.15) is 0 Å². The molecule has 4 aliphatic rings. The maximum Gasteiger partial charge on any atom is 0.421 e. The summed E-state index contributed by atoms with van der Waals surface area (Å²) in [5, 5.41) is 9.70. The highest BCUT2D eigenvalue weighted by atomic mass is 16.6. The third kappa shape index (κ3) is 9.54. The van der Waals surface area contributed by atoms with Crippen LogP contribution < -0.4 is 19.1 Å². The minimum Gasteiger partial charge on any atom is -0.493 e. The molecule has 4 heterocycles. The van der Waals surface area contributed by atoms with Crippen LogP contribution in [0.5, 0.6) is 17.2 Å². The Hall–Kier alpha value is -8.00. The monoisotopic (exact) mass is 1020 g/mol. The number of amides is 3. The van der Waals surface area contributed by atoms with Crippen LogP contribution in [-0.4, -0.2) is 118 Å². The van der Waals surface area contributed by atoms with Crippen LogP contribution in [0.15, 0.2) is 146 Å². The lowest BCUT2D eigenvalue weighted by molar-refractivity contribution is -0.179. The second kappa shape index (κ2) is 22.5. The molecule has 390 valence electrons. The summed E-state index contributed by atoms with van der Waals surface area (Å²) in [6, 6.07) is 41.9. The molecule has 2 saturated heterocycles. The Kier molecular flexibility index (Phi) is 15.2. The fourth-order valence-electron chi connectivity index (χ4n) is 11.6. The molecular weight excluding hydrogens is 965 g/mol. The lowest BCUT2D eigenvalue weighted by Gasteiger charge is -2.46. The van der Waals surface area contributed by atoms with Gasteiger partial charge in [0.2, 0.25) is 11.8 Å². The molecule has 1 N–H and O–H groups in total. The number of carbonyl (C=O) groups excluding carboxylic acids is 4. The Morgan fingerprint density at radius 3 is 2.11 bits per heavy atom. The molecule has 4 aliphatic heterocycles. The summed E-state index contributed by atoms with van der Waals surface area (Å²) in [5.74, 6) is 4.69. The molecule has 2 fully saturated rings. The number of carbonyl (C=O) groups is 4. The van der Waals surface area contributed by atoms with Gasteiger partial charge in [0.15, 0.2) is 11.5 Å². The minimum atomic E-state index is -2.04. The quantitative estimate of drug-likeness (QED) is 0.0611. The van der Waals surface area contributed by atoms with Crippen molar-refractivity contribution in [3.63, 3.8) is 0 Å². The molecule has 15 heteroatoms. The topological polar surface area (TPSA) is 157 Å². The summed E-state index contributed by atoms with van der Waals surface area (Å²) >= 11 is 0. The van der Waals surface area contributed by atoms with E-state index >= 15 is 14.4 Å². The van der Waals surface area contributed by atoms with Gasteiger partial charge in [0.1, 0.15) is 36.5 Å². The lowest BCUT2D eigenvalue weighted by atomic mass is 9.64. The normalized spacial score (nSPS) is 21.5. The van der Waals surface area contributed by atoms with Gasteiger partial charge in [0, 0.05) is 32.3 Å². The average Bonchev–Trinajstić information content (AvgIpc) is 3.95. The molecule has 0 bridgehead atoms. The van der Waals surface area contributed by atoms with E-state index in [1.807, 2.05) is 115 Å². The van der Waals surface area contributed by atoms with E-state index in [0.29, 0.717) is 59.0 Å². The smallest absolute Gasteiger partial charge is 0.421 e. The number of benzene rings is 6. The summed E-state index contributed by atoms with van der Waals surface area (Å²) in [6.45, 7) is 1.12. The standard InChI is InChI=1S/C61H60N4O11/c1-62(38-41-15-8-5-9-16-41)29-14-17-40-22-27-49-48(35-40)61(59(69)64(49)60(70)75-34-33-71-2)52(57(67)63-30-28-45-36-50(72-3)51(73-4)37-46(45)39-63)54-58(68)76-55(43-20-12-7-13-21-43)53(42-18-10-6-11-19-42)65(54)56(61)44-23-25-47(26-24-44)74-32-31-66/h5-13,15-16,18-27,35-37,52-56,66H,28-34,38-39H2,1-4H3/t52-,53-,54-,55+,56+,61-/m0/s1. The molecule has 0 saturated carbocycles. The van der Waals surface area contributed by atoms with E-state index in [1.54, 1.807) is 49.5 Å². The highest BCUT2D eigenvalue weighted by Gasteiger charge is 2.76. The van der Waals surface area contributed by atoms with E-state index in [-0.39, 0.29) is 45.2 Å². The zero-order valence-electron chi connectivity index (χ0n) is 42.9. The van der Waals surface area contributed by atoms with Crippen molar-refractivity contribution in [2.75, 3.05) is 72.8 Å². The Bertz CT molecular complexity index is 3150. The largest absolute Gasteiger partial charge is 0.493 e. The number of morpholine rings is 1. The van der Waals surface area contributed by atoms with Gasteiger partial charge in [-0.25, -0.2) is 9.69 Å². The SMILES string of the molecule is COCCOC(=O)N1C(=O)[C@@]2(c3cc(C#CCN(C)Cc4ccccc4)ccc31)[C@H](C(=O)N1CCc3cc(OC)c(OC)cc3C1)[C@H]1C(=O)O[C@H](c3ccccc3)[C@H](c3ccccc3)N1[C@@H]2c1ccc(OCCO)cc1. The van der Waals surface area contributed by atoms with Crippen molar-refractivity contribution in [1.82, 2.24) is 14.7 Å². The molecule has 6 aromatic rings. The Morgan fingerprint density at radius 2 is 1.43 bits per heavy atom. The maximum absolute atomic E-state index is 16.8. The number of imide groups is 1. The molecule has 6 atom stereocenters. The van der Waals surface area contributed by atoms with E-state index in [4.69, 9.17) is 28.4 Å². The van der Waals surface area contributed by atoms with E-state index in [2.05, 4.69) is 28.9 Å². The van der Waals surface area contributed by atoms with Crippen LogP contribution >= 0.6 is 0 Å². The molecular formula is C61H60N4O11. The van der Waals surface area contributed by atoms with Crippen LogP contribution in [0.25, 0.3) is 0 Å². The van der Waals surface area contributed by atoms with Crippen molar-refractivity contribution in [2.24, 2.45) is 5.92 Å². The molecule has 76 heavy (non-hydrogen) atoms. The fourth-order valence-corrected chi connectivity index (χ4v) is 11.6. The molecule has 6 aromatic carbocycles. The number of rotatable bonds is 15. The van der Waals surface area contributed by atoms with Crippen LogP contribution in [-0.2, 0) is 53.5 Å². The summed E-state index contributed by atoms with van der Waals surface area (Å²) in [4.78, 5) is 70.6. The minimum absolute atomic E-state index is 0.0354. The molecule has 0 aliphatic carbocycles. The molecule has 15 nitrogen and oxygen atoms in total. The molecule has 0 unspecified atom stereocenters. The number of esters is 1. The van der Waals surface area contributed by atoms with Crippen LogP contribution in [0.1, 0.15) is 62.7 Å². The summed E-state index contributed by atoms with van der Waals surface area (Å²) < 4.78 is 35.0. The van der Waals surface area contributed by atoms with Crippen molar-refractivity contribution in [1.29, 1.82) is 0 Å². The number of cyclic esters (lactones) is 1. The number of ether oxygens (including phenoxy) is 6. The molecule has 3 amide bonds. The summed E-state index contributed by atoms with van der Waals surface area (Å²) in [5.41, 5.74) is 3.91. The van der Waals surface area contributed by atoms with Gasteiger partial charge < -0.3 is 38.4 Å². The van der Waals surface area contributed by atoms with Crippen molar-refractivity contribution < 1.29 is 52.7 Å².